The van der Waals surface area contributed by atoms with Crippen LogP contribution in [0.4, 0.5) is 0 Å². The molecule has 2 aromatic carbocycles. The lowest BCUT2D eigenvalue weighted by Crippen LogP contribution is -2.40. The molecule has 0 bridgehead atoms. The van der Waals surface area contributed by atoms with Crippen molar-refractivity contribution in [3.63, 3.8) is 0 Å². The van der Waals surface area contributed by atoms with Crippen LogP contribution in [-0.2, 0) is 21.2 Å². The molecule has 0 fully saturated rings. The number of benzene rings is 2. The van der Waals surface area contributed by atoms with Gasteiger partial charge in [0, 0.05) is 12.1 Å². The second kappa shape index (κ2) is 9.84. The van der Waals surface area contributed by atoms with E-state index < -0.39 is 15.9 Å². The number of ether oxygens (including phenoxy) is 1. The van der Waals surface area contributed by atoms with Gasteiger partial charge in [-0.05, 0) is 24.1 Å². The van der Waals surface area contributed by atoms with Crippen molar-refractivity contribution in [1.82, 2.24) is 9.73 Å². The standard InChI is InChI=1S/C19H23N3O4S/c1-26-18-11-7-6-10-17(18)14-20-21-19(23)15-22(27(2,24)25)13-12-16-8-4-3-5-9-16/h3-11,14H,12-13,15H2,1-2H3,(H,21,23)/b20-14+. The highest BCUT2D eigenvalue weighted by molar-refractivity contribution is 7.88. The van der Waals surface area contributed by atoms with Crippen LogP contribution < -0.4 is 10.2 Å². The fourth-order valence-electron chi connectivity index (χ4n) is 2.40. The molecule has 1 N–H and O–H groups in total. The number of para-hydroxylation sites is 1. The molecule has 0 saturated carbocycles. The van der Waals surface area contributed by atoms with Gasteiger partial charge >= 0.3 is 0 Å². The molecule has 8 heteroatoms. The molecule has 27 heavy (non-hydrogen) atoms. The fraction of sp³-hybridized carbons (Fsp3) is 0.263. The Morgan fingerprint density at radius 3 is 2.48 bits per heavy atom. The van der Waals surface area contributed by atoms with E-state index in [1.807, 2.05) is 42.5 Å². The number of sulfonamides is 1. The van der Waals surface area contributed by atoms with Crippen LogP contribution >= 0.6 is 0 Å². The topological polar surface area (TPSA) is 88.1 Å². The zero-order valence-electron chi connectivity index (χ0n) is 15.3. The highest BCUT2D eigenvalue weighted by Gasteiger charge is 2.19. The second-order valence-electron chi connectivity index (χ2n) is 5.87. The zero-order chi connectivity index (χ0) is 19.7. The molecule has 0 spiro atoms. The summed E-state index contributed by atoms with van der Waals surface area (Å²) in [4.78, 5) is 12.1. The summed E-state index contributed by atoms with van der Waals surface area (Å²) < 4.78 is 30.2. The summed E-state index contributed by atoms with van der Waals surface area (Å²) >= 11 is 0. The lowest BCUT2D eigenvalue weighted by Gasteiger charge is -2.18. The van der Waals surface area contributed by atoms with Gasteiger partial charge in [0.1, 0.15) is 5.75 Å². The highest BCUT2D eigenvalue weighted by atomic mass is 32.2. The molecule has 0 aliphatic rings. The van der Waals surface area contributed by atoms with Crippen LogP contribution in [0.2, 0.25) is 0 Å². The van der Waals surface area contributed by atoms with Gasteiger partial charge < -0.3 is 4.74 Å². The quantitative estimate of drug-likeness (QED) is 0.522. The molecule has 1 amide bonds. The third-order valence-electron chi connectivity index (χ3n) is 3.81. The molecule has 2 rings (SSSR count). The van der Waals surface area contributed by atoms with Gasteiger partial charge in [-0.25, -0.2) is 13.8 Å². The monoisotopic (exact) mass is 389 g/mol. The molecule has 0 heterocycles. The molecule has 0 aliphatic heterocycles. The van der Waals surface area contributed by atoms with Gasteiger partial charge in [-0.1, -0.05) is 42.5 Å². The molecule has 0 atom stereocenters. The van der Waals surface area contributed by atoms with Crippen LogP contribution in [-0.4, -0.2) is 51.3 Å². The summed E-state index contributed by atoms with van der Waals surface area (Å²) in [6, 6.07) is 16.7. The molecule has 0 aliphatic carbocycles. The summed E-state index contributed by atoms with van der Waals surface area (Å²) in [7, 11) is -1.97. The first-order chi connectivity index (χ1) is 12.9. The third kappa shape index (κ3) is 6.84. The summed E-state index contributed by atoms with van der Waals surface area (Å²) in [5.74, 6) is 0.107. The van der Waals surface area contributed by atoms with Crippen LogP contribution in [0.5, 0.6) is 5.75 Å². The number of nitrogens with one attached hydrogen (secondary N) is 1. The Bertz CT molecular complexity index is 883. The minimum Gasteiger partial charge on any atom is -0.496 e. The van der Waals surface area contributed by atoms with E-state index in [9.17, 15) is 13.2 Å². The maximum absolute atomic E-state index is 12.1. The summed E-state index contributed by atoms with van der Waals surface area (Å²) in [6.07, 6.45) is 3.06. The van der Waals surface area contributed by atoms with Gasteiger partial charge in [-0.3, -0.25) is 4.79 Å². The van der Waals surface area contributed by atoms with E-state index >= 15 is 0 Å². The first-order valence-electron chi connectivity index (χ1n) is 8.34. The number of amides is 1. The highest BCUT2D eigenvalue weighted by Crippen LogP contribution is 2.14. The maximum Gasteiger partial charge on any atom is 0.255 e. The molecule has 144 valence electrons. The van der Waals surface area contributed by atoms with Crippen molar-refractivity contribution in [3.8, 4) is 5.75 Å². The van der Waals surface area contributed by atoms with Crippen molar-refractivity contribution in [3.05, 3.63) is 65.7 Å². The van der Waals surface area contributed by atoms with Crippen LogP contribution in [0.25, 0.3) is 0 Å². The van der Waals surface area contributed by atoms with Crippen molar-refractivity contribution in [2.75, 3.05) is 26.5 Å². The van der Waals surface area contributed by atoms with Gasteiger partial charge in [0.15, 0.2) is 0 Å². The number of hydrazone groups is 1. The largest absolute Gasteiger partial charge is 0.496 e. The van der Waals surface area contributed by atoms with Crippen LogP contribution in [0, 0.1) is 0 Å². The van der Waals surface area contributed by atoms with E-state index in [4.69, 9.17) is 4.74 Å². The average Bonchev–Trinajstić information content (AvgIpc) is 2.65. The van der Waals surface area contributed by atoms with E-state index in [1.165, 1.54) is 6.21 Å². The van der Waals surface area contributed by atoms with Crippen molar-refractivity contribution >= 4 is 22.1 Å². The van der Waals surface area contributed by atoms with Crippen molar-refractivity contribution < 1.29 is 17.9 Å². The van der Waals surface area contributed by atoms with Gasteiger partial charge in [0.2, 0.25) is 10.0 Å². The average molecular weight is 389 g/mol. The molecule has 0 radical (unpaired) electrons. The Morgan fingerprint density at radius 2 is 1.81 bits per heavy atom. The van der Waals surface area contributed by atoms with Gasteiger partial charge in [-0.2, -0.15) is 9.41 Å². The lowest BCUT2D eigenvalue weighted by molar-refractivity contribution is -0.121. The van der Waals surface area contributed by atoms with E-state index in [1.54, 1.807) is 19.2 Å². The molecule has 0 unspecified atom stereocenters. The second-order valence-corrected chi connectivity index (χ2v) is 7.85. The van der Waals surface area contributed by atoms with E-state index in [2.05, 4.69) is 10.5 Å². The smallest absolute Gasteiger partial charge is 0.255 e. The van der Waals surface area contributed by atoms with Gasteiger partial charge in [0.05, 0.1) is 26.1 Å². The first kappa shape index (κ1) is 20.6. The minimum atomic E-state index is -3.52. The molecule has 0 saturated heterocycles. The number of hydrogen-bond donors (Lipinski definition) is 1. The van der Waals surface area contributed by atoms with Crippen LogP contribution in [0.15, 0.2) is 59.7 Å². The molecular formula is C19H23N3O4S. The Balaban J connectivity index is 1.94. The number of carbonyl (C=O) groups excluding carboxylic acids is 1. The van der Waals surface area contributed by atoms with Crippen LogP contribution in [0.1, 0.15) is 11.1 Å². The number of nitrogens with zero attached hydrogens (tertiary/aromatic N) is 2. The number of hydrogen-bond acceptors (Lipinski definition) is 5. The zero-order valence-corrected chi connectivity index (χ0v) is 16.1. The number of carbonyl (C=O) groups is 1. The SMILES string of the molecule is COc1ccccc1/C=N/NC(=O)CN(CCc1ccccc1)S(C)(=O)=O. The Kier molecular flexibility index (Phi) is 7.51. The Hall–Kier alpha value is -2.71. The molecular weight excluding hydrogens is 366 g/mol. The summed E-state index contributed by atoms with van der Waals surface area (Å²) in [5.41, 5.74) is 4.05. The van der Waals surface area contributed by atoms with Crippen molar-refractivity contribution in [2.45, 2.75) is 6.42 Å². The molecule has 2 aromatic rings. The number of methoxy groups -OCH3 is 1. The lowest BCUT2D eigenvalue weighted by atomic mass is 10.1. The predicted octanol–water partition coefficient (Wildman–Crippen LogP) is 1.65. The maximum atomic E-state index is 12.1. The van der Waals surface area contributed by atoms with Gasteiger partial charge in [-0.15, -0.1) is 0 Å². The number of rotatable bonds is 9. The van der Waals surface area contributed by atoms with Crippen molar-refractivity contribution in [1.29, 1.82) is 0 Å². The Labute approximate surface area is 159 Å². The van der Waals surface area contributed by atoms with E-state index in [0.717, 1.165) is 16.1 Å². The minimum absolute atomic E-state index is 0.215. The predicted molar refractivity (Wildman–Crippen MR) is 105 cm³/mol. The van der Waals surface area contributed by atoms with Crippen molar-refractivity contribution in [2.24, 2.45) is 5.10 Å². The third-order valence-corrected chi connectivity index (χ3v) is 5.06. The fourth-order valence-corrected chi connectivity index (χ4v) is 3.18. The molecule has 0 aromatic heterocycles. The summed E-state index contributed by atoms with van der Waals surface area (Å²) in [6.45, 7) is -0.0819. The Morgan fingerprint density at radius 1 is 1.15 bits per heavy atom. The van der Waals surface area contributed by atoms with E-state index in [-0.39, 0.29) is 13.1 Å². The van der Waals surface area contributed by atoms with Gasteiger partial charge in [0.25, 0.3) is 5.91 Å². The summed E-state index contributed by atoms with van der Waals surface area (Å²) in [5, 5.41) is 3.88. The molecule has 7 nitrogen and oxygen atoms in total. The first-order valence-corrected chi connectivity index (χ1v) is 10.2. The van der Waals surface area contributed by atoms with Crippen LogP contribution in [0.3, 0.4) is 0 Å². The normalized spacial score (nSPS) is 11.7. The van der Waals surface area contributed by atoms with E-state index in [0.29, 0.717) is 17.7 Å².